The first-order valence-corrected chi connectivity index (χ1v) is 10.2. The monoisotopic (exact) mass is 464 g/mol. The van der Waals surface area contributed by atoms with E-state index in [1.807, 2.05) is 0 Å². The van der Waals surface area contributed by atoms with Crippen LogP contribution in [0.3, 0.4) is 0 Å². The molecule has 2 amide bonds. The Bertz CT molecular complexity index is 1090. The Labute approximate surface area is 186 Å². The predicted molar refractivity (Wildman–Crippen MR) is 114 cm³/mol. The number of halogens is 2. The van der Waals surface area contributed by atoms with Crippen LogP contribution in [-0.2, 0) is 16.1 Å². The van der Waals surface area contributed by atoms with Gasteiger partial charge in [-0.2, -0.15) is 0 Å². The molecular weight excluding hydrogens is 447 g/mol. The second-order valence-electron chi connectivity index (χ2n) is 6.58. The zero-order chi connectivity index (χ0) is 22.5. The number of likely N-dealkylation sites (N-methyl/N-ethyl adjacent to an activating group) is 1. The minimum absolute atomic E-state index is 0.0666. The Hall–Kier alpha value is -3.17. The van der Waals surface area contributed by atoms with E-state index in [1.165, 1.54) is 42.5 Å². The smallest absolute Gasteiger partial charge is 0.349 e. The summed E-state index contributed by atoms with van der Waals surface area (Å²) in [6, 6.07) is 8.98. The lowest BCUT2D eigenvalue weighted by Gasteiger charge is -2.18. The van der Waals surface area contributed by atoms with Gasteiger partial charge in [0, 0.05) is 24.2 Å². The molecule has 7 nitrogen and oxygen atoms in total. The summed E-state index contributed by atoms with van der Waals surface area (Å²) < 4.78 is 24.0. The molecule has 10 heteroatoms. The maximum Gasteiger partial charge on any atom is 0.349 e. The number of benzene rings is 1. The Morgan fingerprint density at radius 1 is 1.26 bits per heavy atom. The van der Waals surface area contributed by atoms with Gasteiger partial charge in [0.15, 0.2) is 12.4 Å². The summed E-state index contributed by atoms with van der Waals surface area (Å²) in [5.74, 6) is -2.06. The van der Waals surface area contributed by atoms with Crippen LogP contribution in [0.1, 0.15) is 31.4 Å². The van der Waals surface area contributed by atoms with E-state index in [4.69, 9.17) is 20.8 Å². The van der Waals surface area contributed by atoms with Gasteiger partial charge in [-0.1, -0.05) is 17.7 Å². The van der Waals surface area contributed by atoms with Gasteiger partial charge in [0.05, 0.1) is 11.3 Å². The number of ether oxygens (including phenoxy) is 1. The largest absolute Gasteiger partial charge is 0.459 e. The molecule has 0 spiro atoms. The Morgan fingerprint density at radius 3 is 2.71 bits per heavy atom. The normalized spacial score (nSPS) is 10.6. The maximum atomic E-state index is 13.9. The average molecular weight is 465 g/mol. The van der Waals surface area contributed by atoms with Gasteiger partial charge in [-0.3, -0.25) is 9.59 Å². The second kappa shape index (κ2) is 9.76. The van der Waals surface area contributed by atoms with Crippen molar-refractivity contribution < 1.29 is 27.9 Å². The molecule has 0 bridgehead atoms. The van der Waals surface area contributed by atoms with E-state index < -0.39 is 30.2 Å². The van der Waals surface area contributed by atoms with Crippen LogP contribution in [-0.4, -0.2) is 36.3 Å². The van der Waals surface area contributed by atoms with Gasteiger partial charge in [0.2, 0.25) is 0 Å². The van der Waals surface area contributed by atoms with Crippen molar-refractivity contribution in [3.63, 3.8) is 0 Å². The van der Waals surface area contributed by atoms with Crippen LogP contribution in [0, 0.1) is 12.7 Å². The number of hydrogen-bond acceptors (Lipinski definition) is 6. The molecule has 31 heavy (non-hydrogen) atoms. The summed E-state index contributed by atoms with van der Waals surface area (Å²) in [4.78, 5) is 38.2. The van der Waals surface area contributed by atoms with Gasteiger partial charge < -0.3 is 19.4 Å². The minimum Gasteiger partial charge on any atom is -0.459 e. The van der Waals surface area contributed by atoms with Crippen molar-refractivity contribution >= 4 is 45.7 Å². The third-order valence-corrected chi connectivity index (χ3v) is 5.78. The topological polar surface area (TPSA) is 88.9 Å². The lowest BCUT2D eigenvalue weighted by Crippen LogP contribution is -2.31. The SMILES string of the molecule is Cc1cc(NC(=O)c2ccco2)sc1C(=O)OCC(=O)N(C)Cc1c(F)cccc1Cl. The lowest BCUT2D eigenvalue weighted by atomic mass is 10.2. The quantitative estimate of drug-likeness (QED) is 0.520. The number of thiophene rings is 1. The van der Waals surface area contributed by atoms with Crippen molar-refractivity contribution in [2.24, 2.45) is 0 Å². The third kappa shape index (κ3) is 5.50. The molecular formula is C21H18ClFN2O5S. The molecule has 3 aromatic rings. The van der Waals surface area contributed by atoms with E-state index >= 15 is 0 Å². The molecule has 2 aromatic heterocycles. The van der Waals surface area contributed by atoms with Gasteiger partial charge in [-0.05, 0) is 42.8 Å². The molecule has 2 heterocycles. The van der Waals surface area contributed by atoms with Crippen LogP contribution >= 0.6 is 22.9 Å². The summed E-state index contributed by atoms with van der Waals surface area (Å²) in [7, 11) is 1.46. The third-order valence-electron chi connectivity index (χ3n) is 4.29. The maximum absolute atomic E-state index is 13.9. The highest BCUT2D eigenvalue weighted by atomic mass is 35.5. The summed E-state index contributed by atoms with van der Waals surface area (Å²) in [5.41, 5.74) is 0.765. The first kappa shape index (κ1) is 22.5. The number of carbonyl (C=O) groups excluding carboxylic acids is 3. The van der Waals surface area contributed by atoms with E-state index in [-0.39, 0.29) is 27.8 Å². The zero-order valence-electron chi connectivity index (χ0n) is 16.6. The molecule has 0 aliphatic heterocycles. The van der Waals surface area contributed by atoms with Crippen LogP contribution in [0.4, 0.5) is 9.39 Å². The Balaban J connectivity index is 1.57. The first-order chi connectivity index (χ1) is 14.8. The van der Waals surface area contributed by atoms with E-state index in [1.54, 1.807) is 19.1 Å². The molecule has 3 rings (SSSR count). The van der Waals surface area contributed by atoms with Crippen LogP contribution in [0.5, 0.6) is 0 Å². The number of nitrogens with one attached hydrogen (secondary N) is 1. The molecule has 0 unspecified atom stereocenters. The molecule has 1 aromatic carbocycles. The zero-order valence-corrected chi connectivity index (χ0v) is 18.2. The molecule has 0 atom stereocenters. The number of anilines is 1. The van der Waals surface area contributed by atoms with Crippen molar-refractivity contribution in [2.75, 3.05) is 19.0 Å². The Kier molecular flexibility index (Phi) is 7.09. The number of carbonyl (C=O) groups is 3. The second-order valence-corrected chi connectivity index (χ2v) is 8.04. The van der Waals surface area contributed by atoms with E-state index in [0.29, 0.717) is 10.6 Å². The van der Waals surface area contributed by atoms with Gasteiger partial charge in [-0.15, -0.1) is 11.3 Å². The lowest BCUT2D eigenvalue weighted by molar-refractivity contribution is -0.133. The van der Waals surface area contributed by atoms with Gasteiger partial charge in [-0.25, -0.2) is 9.18 Å². The summed E-state index contributed by atoms with van der Waals surface area (Å²) in [5, 5.41) is 3.27. The van der Waals surface area contributed by atoms with Crippen molar-refractivity contribution in [1.29, 1.82) is 0 Å². The molecule has 0 saturated heterocycles. The van der Waals surface area contributed by atoms with Gasteiger partial charge in [0.1, 0.15) is 10.7 Å². The molecule has 0 aliphatic rings. The number of nitrogens with zero attached hydrogens (tertiary/aromatic N) is 1. The predicted octanol–water partition coefficient (Wildman–Crippen LogP) is 4.51. The van der Waals surface area contributed by atoms with Crippen LogP contribution in [0.25, 0.3) is 0 Å². The van der Waals surface area contributed by atoms with E-state index in [9.17, 15) is 18.8 Å². The van der Waals surface area contributed by atoms with Crippen LogP contribution < -0.4 is 5.32 Å². The highest BCUT2D eigenvalue weighted by Gasteiger charge is 2.20. The number of amides is 2. The van der Waals surface area contributed by atoms with Gasteiger partial charge in [0.25, 0.3) is 11.8 Å². The molecule has 0 fully saturated rings. The fourth-order valence-electron chi connectivity index (χ4n) is 2.64. The highest BCUT2D eigenvalue weighted by Crippen LogP contribution is 2.28. The number of aryl methyl sites for hydroxylation is 1. The minimum atomic E-state index is -0.702. The molecule has 1 N–H and O–H groups in total. The van der Waals surface area contributed by atoms with Crippen molar-refractivity contribution in [1.82, 2.24) is 4.90 Å². The molecule has 0 radical (unpaired) electrons. The first-order valence-electron chi connectivity index (χ1n) is 9.05. The van der Waals surface area contributed by atoms with Crippen molar-refractivity contribution in [2.45, 2.75) is 13.5 Å². The fourth-order valence-corrected chi connectivity index (χ4v) is 3.82. The Morgan fingerprint density at radius 2 is 2.03 bits per heavy atom. The van der Waals surface area contributed by atoms with Crippen molar-refractivity contribution in [3.05, 3.63) is 75.3 Å². The summed E-state index contributed by atoms with van der Waals surface area (Å²) in [6.07, 6.45) is 1.38. The standard InChI is InChI=1S/C21H18ClFN2O5S/c1-12-9-17(24-20(27)16-7-4-8-29-16)31-19(12)21(28)30-11-18(26)25(2)10-13-14(22)5-3-6-15(13)23/h3-9H,10-11H2,1-2H3,(H,24,27). The number of rotatable bonds is 7. The molecule has 162 valence electrons. The van der Waals surface area contributed by atoms with E-state index in [0.717, 1.165) is 11.3 Å². The van der Waals surface area contributed by atoms with Crippen LogP contribution in [0.2, 0.25) is 5.02 Å². The average Bonchev–Trinajstić information content (AvgIpc) is 3.38. The highest BCUT2D eigenvalue weighted by molar-refractivity contribution is 7.18. The number of hydrogen-bond donors (Lipinski definition) is 1. The van der Waals surface area contributed by atoms with E-state index in [2.05, 4.69) is 5.32 Å². The fraction of sp³-hybridized carbons (Fsp3) is 0.190. The van der Waals surface area contributed by atoms with Gasteiger partial charge >= 0.3 is 5.97 Å². The van der Waals surface area contributed by atoms with Crippen molar-refractivity contribution in [3.8, 4) is 0 Å². The molecule has 0 aliphatic carbocycles. The van der Waals surface area contributed by atoms with Crippen LogP contribution in [0.15, 0.2) is 47.1 Å². The number of esters is 1. The number of furan rings is 1. The molecule has 0 saturated carbocycles. The summed E-state index contributed by atoms with van der Waals surface area (Å²) >= 11 is 7.00. The summed E-state index contributed by atoms with van der Waals surface area (Å²) in [6.45, 7) is 1.10.